The van der Waals surface area contributed by atoms with Gasteiger partial charge in [-0.25, -0.2) is 0 Å². The Kier molecular flexibility index (Phi) is 5.30. The van der Waals surface area contributed by atoms with Crippen LogP contribution in [-0.4, -0.2) is 39.6 Å². The van der Waals surface area contributed by atoms with Crippen LogP contribution in [0.15, 0.2) is 18.3 Å². The maximum atomic E-state index is 12.3. The zero-order valence-electron chi connectivity index (χ0n) is 14.3. The molecule has 7 heteroatoms. The number of carbonyl (C=O) groups is 1. The molecule has 0 aliphatic heterocycles. The fraction of sp³-hybridized carbons (Fsp3) is 0.588. The molecule has 24 heavy (non-hydrogen) atoms. The van der Waals surface area contributed by atoms with Gasteiger partial charge in [-0.1, -0.05) is 19.3 Å². The van der Waals surface area contributed by atoms with Crippen molar-refractivity contribution in [3.05, 3.63) is 29.7 Å². The van der Waals surface area contributed by atoms with Crippen LogP contribution in [0.4, 0.5) is 5.82 Å². The number of methoxy groups -OCH3 is 1. The highest BCUT2D eigenvalue weighted by molar-refractivity contribution is 6.02. The summed E-state index contributed by atoms with van der Waals surface area (Å²) in [6.45, 7) is 2.57. The molecule has 0 bridgehead atoms. The third-order valence-corrected chi connectivity index (χ3v) is 4.58. The van der Waals surface area contributed by atoms with Crippen molar-refractivity contribution in [2.24, 2.45) is 0 Å². The van der Waals surface area contributed by atoms with E-state index in [0.717, 1.165) is 5.69 Å². The van der Waals surface area contributed by atoms with Gasteiger partial charge >= 0.3 is 0 Å². The molecule has 2 N–H and O–H groups in total. The van der Waals surface area contributed by atoms with Crippen molar-refractivity contribution in [2.45, 2.75) is 51.0 Å². The minimum atomic E-state index is -0.238. The standard InChI is InChI=1S/C17H25N5O2/c1-12(11-24-2)22-9-8-16(21-22)18-17(23)15-10-14(19-20-15)13-6-4-3-5-7-13/h8-10,12-13H,3-7,11H2,1-2H3,(H,19,20)(H,18,21,23). The molecule has 0 spiro atoms. The summed E-state index contributed by atoms with van der Waals surface area (Å²) in [5, 5.41) is 14.4. The first-order valence-electron chi connectivity index (χ1n) is 8.58. The molecule has 1 aliphatic carbocycles. The van der Waals surface area contributed by atoms with E-state index in [-0.39, 0.29) is 11.9 Å². The Morgan fingerprint density at radius 2 is 2.25 bits per heavy atom. The van der Waals surface area contributed by atoms with Gasteiger partial charge in [-0.15, -0.1) is 0 Å². The van der Waals surface area contributed by atoms with Gasteiger partial charge in [-0.2, -0.15) is 10.2 Å². The average molecular weight is 331 g/mol. The maximum Gasteiger partial charge on any atom is 0.277 e. The van der Waals surface area contributed by atoms with Gasteiger partial charge in [0.25, 0.3) is 5.91 Å². The molecule has 1 saturated carbocycles. The van der Waals surface area contributed by atoms with Gasteiger partial charge in [-0.3, -0.25) is 14.6 Å². The van der Waals surface area contributed by atoms with Crippen LogP contribution in [0.3, 0.4) is 0 Å². The van der Waals surface area contributed by atoms with Crippen LogP contribution in [0.2, 0.25) is 0 Å². The predicted molar refractivity (Wildman–Crippen MR) is 91.2 cm³/mol. The van der Waals surface area contributed by atoms with E-state index in [1.165, 1.54) is 32.1 Å². The van der Waals surface area contributed by atoms with E-state index < -0.39 is 0 Å². The number of hydrogen-bond acceptors (Lipinski definition) is 4. The SMILES string of the molecule is COCC(C)n1ccc(NC(=O)c2cc(C3CCCCC3)[nH]n2)n1. The molecule has 3 rings (SSSR count). The number of anilines is 1. The number of aromatic nitrogens is 4. The highest BCUT2D eigenvalue weighted by atomic mass is 16.5. The molecule has 2 aromatic heterocycles. The molecular weight excluding hydrogens is 306 g/mol. The van der Waals surface area contributed by atoms with Crippen LogP contribution in [0.25, 0.3) is 0 Å². The fourth-order valence-electron chi connectivity index (χ4n) is 3.22. The van der Waals surface area contributed by atoms with Crippen LogP contribution < -0.4 is 5.32 Å². The number of H-pyrrole nitrogens is 1. The monoisotopic (exact) mass is 331 g/mol. The molecule has 0 aromatic carbocycles. The number of hydrogen-bond donors (Lipinski definition) is 2. The first kappa shape index (κ1) is 16.7. The van der Waals surface area contributed by atoms with Gasteiger partial charge in [0.15, 0.2) is 11.5 Å². The van der Waals surface area contributed by atoms with Crippen molar-refractivity contribution in [2.75, 3.05) is 19.0 Å². The van der Waals surface area contributed by atoms with Crippen molar-refractivity contribution in [3.63, 3.8) is 0 Å². The summed E-state index contributed by atoms with van der Waals surface area (Å²) in [6.07, 6.45) is 7.99. The van der Waals surface area contributed by atoms with Gasteiger partial charge in [0, 0.05) is 31.0 Å². The van der Waals surface area contributed by atoms with E-state index in [0.29, 0.717) is 24.0 Å². The summed E-state index contributed by atoms with van der Waals surface area (Å²) >= 11 is 0. The fourth-order valence-corrected chi connectivity index (χ4v) is 3.22. The minimum Gasteiger partial charge on any atom is -0.382 e. The second-order valence-electron chi connectivity index (χ2n) is 6.48. The number of nitrogens with one attached hydrogen (secondary N) is 2. The predicted octanol–water partition coefficient (Wildman–Crippen LogP) is 3.11. The molecule has 1 atom stereocenters. The smallest absolute Gasteiger partial charge is 0.277 e. The Hall–Kier alpha value is -2.15. The van der Waals surface area contributed by atoms with Crippen molar-refractivity contribution in [1.82, 2.24) is 20.0 Å². The molecule has 0 saturated heterocycles. The zero-order chi connectivity index (χ0) is 16.9. The quantitative estimate of drug-likeness (QED) is 0.852. The van der Waals surface area contributed by atoms with Crippen molar-refractivity contribution in [3.8, 4) is 0 Å². The van der Waals surface area contributed by atoms with E-state index >= 15 is 0 Å². The van der Waals surface area contributed by atoms with Crippen LogP contribution in [0, 0.1) is 0 Å². The van der Waals surface area contributed by atoms with E-state index in [2.05, 4.69) is 20.6 Å². The van der Waals surface area contributed by atoms with Crippen LogP contribution >= 0.6 is 0 Å². The number of ether oxygens (including phenoxy) is 1. The van der Waals surface area contributed by atoms with Crippen LogP contribution in [-0.2, 0) is 4.74 Å². The average Bonchev–Trinajstić information content (AvgIpc) is 3.25. The number of nitrogens with zero attached hydrogens (tertiary/aromatic N) is 3. The lowest BCUT2D eigenvalue weighted by Crippen LogP contribution is -2.15. The van der Waals surface area contributed by atoms with Crippen LogP contribution in [0.5, 0.6) is 0 Å². The minimum absolute atomic E-state index is 0.115. The third-order valence-electron chi connectivity index (χ3n) is 4.58. The van der Waals surface area contributed by atoms with E-state index in [4.69, 9.17) is 4.74 Å². The summed E-state index contributed by atoms with van der Waals surface area (Å²) < 4.78 is 6.89. The number of amides is 1. The summed E-state index contributed by atoms with van der Waals surface area (Å²) in [5.41, 5.74) is 1.48. The summed E-state index contributed by atoms with van der Waals surface area (Å²) in [4.78, 5) is 12.3. The Balaban J connectivity index is 1.62. The molecule has 0 radical (unpaired) electrons. The molecular formula is C17H25N5O2. The van der Waals surface area contributed by atoms with Gasteiger partial charge in [0.2, 0.25) is 0 Å². The molecule has 2 heterocycles. The number of rotatable bonds is 6. The Labute approximate surface area is 141 Å². The molecule has 1 aliphatic rings. The Morgan fingerprint density at radius 3 is 3.00 bits per heavy atom. The zero-order valence-corrected chi connectivity index (χ0v) is 14.3. The van der Waals surface area contributed by atoms with Crippen molar-refractivity contribution >= 4 is 11.7 Å². The van der Waals surface area contributed by atoms with Crippen LogP contribution in [0.1, 0.15) is 67.2 Å². The first-order chi connectivity index (χ1) is 11.7. The second kappa shape index (κ2) is 7.61. The molecule has 130 valence electrons. The summed E-state index contributed by atoms with van der Waals surface area (Å²) in [6, 6.07) is 3.76. The number of aromatic amines is 1. The molecule has 1 fully saturated rings. The highest BCUT2D eigenvalue weighted by Crippen LogP contribution is 2.31. The van der Waals surface area contributed by atoms with E-state index in [1.807, 2.05) is 19.2 Å². The molecule has 7 nitrogen and oxygen atoms in total. The first-order valence-corrected chi connectivity index (χ1v) is 8.58. The van der Waals surface area contributed by atoms with Crippen molar-refractivity contribution < 1.29 is 9.53 Å². The van der Waals surface area contributed by atoms with Gasteiger partial charge in [0.1, 0.15) is 0 Å². The number of carbonyl (C=O) groups excluding carboxylic acids is 1. The maximum absolute atomic E-state index is 12.3. The second-order valence-corrected chi connectivity index (χ2v) is 6.48. The van der Waals surface area contributed by atoms with E-state index in [1.54, 1.807) is 17.9 Å². The summed E-state index contributed by atoms with van der Waals surface area (Å²) in [5.74, 6) is 0.782. The van der Waals surface area contributed by atoms with E-state index in [9.17, 15) is 4.79 Å². The topological polar surface area (TPSA) is 84.8 Å². The Morgan fingerprint density at radius 1 is 1.46 bits per heavy atom. The molecule has 1 amide bonds. The lowest BCUT2D eigenvalue weighted by Gasteiger charge is -2.19. The van der Waals surface area contributed by atoms with Gasteiger partial charge in [0.05, 0.1) is 12.6 Å². The Bertz CT molecular complexity index is 672. The lowest BCUT2D eigenvalue weighted by molar-refractivity contribution is 0.102. The normalized spacial score (nSPS) is 16.9. The lowest BCUT2D eigenvalue weighted by atomic mass is 9.87. The van der Waals surface area contributed by atoms with Gasteiger partial charge < -0.3 is 10.1 Å². The third kappa shape index (κ3) is 3.84. The molecule has 2 aromatic rings. The largest absolute Gasteiger partial charge is 0.382 e. The van der Waals surface area contributed by atoms with Gasteiger partial charge in [-0.05, 0) is 25.8 Å². The molecule has 1 unspecified atom stereocenters. The summed E-state index contributed by atoms with van der Waals surface area (Å²) in [7, 11) is 1.66. The highest BCUT2D eigenvalue weighted by Gasteiger charge is 2.20. The van der Waals surface area contributed by atoms with Crippen molar-refractivity contribution in [1.29, 1.82) is 0 Å².